The molecule has 104 valence electrons. The second kappa shape index (κ2) is 9.12. The fraction of sp³-hybridized carbons (Fsp3) is 1.00. The lowest BCUT2D eigenvalue weighted by Crippen LogP contribution is -2.39. The minimum Gasteiger partial charge on any atom is -0.394 e. The largest absolute Gasteiger partial charge is 0.394 e. The van der Waals surface area contributed by atoms with Gasteiger partial charge in [-0.15, -0.1) is 0 Å². The number of hydrogen-bond acceptors (Lipinski definition) is 2. The van der Waals surface area contributed by atoms with E-state index in [-0.39, 0.29) is 0 Å². The standard InChI is InChI=1S/C14H32O2Si/c1-7-8-9-10-11-14(4)16-17(5,6)15-12-13(2)3/h13-14H,7-12H2,1-6H3. The van der Waals surface area contributed by atoms with Crippen molar-refractivity contribution < 1.29 is 8.85 Å². The van der Waals surface area contributed by atoms with Gasteiger partial charge in [0.15, 0.2) is 0 Å². The zero-order valence-corrected chi connectivity index (χ0v) is 13.7. The highest BCUT2D eigenvalue weighted by Gasteiger charge is 2.27. The Morgan fingerprint density at radius 1 is 1.00 bits per heavy atom. The van der Waals surface area contributed by atoms with Crippen molar-refractivity contribution in [2.75, 3.05) is 6.61 Å². The SMILES string of the molecule is CCCCCCC(C)O[Si](C)(C)OCC(C)C. The van der Waals surface area contributed by atoms with Gasteiger partial charge in [0.05, 0.1) is 0 Å². The van der Waals surface area contributed by atoms with Crippen LogP contribution in [0.15, 0.2) is 0 Å². The van der Waals surface area contributed by atoms with Crippen molar-refractivity contribution in [2.24, 2.45) is 5.92 Å². The van der Waals surface area contributed by atoms with Gasteiger partial charge in [0.2, 0.25) is 0 Å². The molecule has 0 fully saturated rings. The van der Waals surface area contributed by atoms with Gasteiger partial charge in [-0.25, -0.2) is 0 Å². The van der Waals surface area contributed by atoms with Gasteiger partial charge in [-0.2, -0.15) is 0 Å². The van der Waals surface area contributed by atoms with Gasteiger partial charge in [-0.3, -0.25) is 0 Å². The van der Waals surface area contributed by atoms with E-state index in [4.69, 9.17) is 8.85 Å². The highest BCUT2D eigenvalue weighted by molar-refractivity contribution is 6.64. The molecule has 0 aromatic heterocycles. The van der Waals surface area contributed by atoms with Crippen LogP contribution in [0.3, 0.4) is 0 Å². The molecule has 0 aromatic rings. The summed E-state index contributed by atoms with van der Waals surface area (Å²) in [5.41, 5.74) is 0. The van der Waals surface area contributed by atoms with Crippen molar-refractivity contribution in [3.8, 4) is 0 Å². The summed E-state index contributed by atoms with van der Waals surface area (Å²) in [5, 5.41) is 0. The molecule has 17 heavy (non-hydrogen) atoms. The molecule has 0 N–H and O–H groups in total. The monoisotopic (exact) mass is 260 g/mol. The van der Waals surface area contributed by atoms with Crippen LogP contribution in [0.5, 0.6) is 0 Å². The molecule has 1 unspecified atom stereocenters. The molecule has 2 nitrogen and oxygen atoms in total. The van der Waals surface area contributed by atoms with Crippen LogP contribution < -0.4 is 0 Å². The van der Waals surface area contributed by atoms with Crippen LogP contribution in [0.4, 0.5) is 0 Å². The normalized spacial score (nSPS) is 14.3. The van der Waals surface area contributed by atoms with E-state index in [2.05, 4.69) is 40.8 Å². The van der Waals surface area contributed by atoms with Crippen molar-refractivity contribution >= 4 is 8.56 Å². The fourth-order valence-electron chi connectivity index (χ4n) is 1.80. The number of hydrogen-bond donors (Lipinski definition) is 0. The Bertz CT molecular complexity index is 181. The summed E-state index contributed by atoms with van der Waals surface area (Å²) in [6.45, 7) is 13.9. The van der Waals surface area contributed by atoms with E-state index < -0.39 is 8.56 Å². The maximum absolute atomic E-state index is 6.09. The summed E-state index contributed by atoms with van der Waals surface area (Å²) in [7, 11) is -1.90. The molecule has 0 radical (unpaired) electrons. The molecule has 0 bridgehead atoms. The Labute approximate surface area is 109 Å². The smallest absolute Gasteiger partial charge is 0.331 e. The average molecular weight is 260 g/mol. The molecular weight excluding hydrogens is 228 g/mol. The van der Waals surface area contributed by atoms with E-state index in [1.807, 2.05) is 0 Å². The number of unbranched alkanes of at least 4 members (excludes halogenated alkanes) is 3. The second-order valence-electron chi connectivity index (χ2n) is 5.88. The van der Waals surface area contributed by atoms with Crippen LogP contribution in [0.1, 0.15) is 59.8 Å². The predicted molar refractivity (Wildman–Crippen MR) is 77.6 cm³/mol. The zero-order valence-electron chi connectivity index (χ0n) is 12.7. The third-order valence-electron chi connectivity index (χ3n) is 2.71. The summed E-state index contributed by atoms with van der Waals surface area (Å²) in [4.78, 5) is 0. The maximum atomic E-state index is 6.09. The third-order valence-corrected chi connectivity index (χ3v) is 4.55. The maximum Gasteiger partial charge on any atom is 0.331 e. The summed E-state index contributed by atoms with van der Waals surface area (Å²) in [6, 6.07) is 0. The van der Waals surface area contributed by atoms with Gasteiger partial charge in [0, 0.05) is 12.7 Å². The molecule has 0 aliphatic carbocycles. The Morgan fingerprint density at radius 2 is 1.65 bits per heavy atom. The van der Waals surface area contributed by atoms with Crippen LogP contribution in [-0.2, 0) is 8.85 Å². The highest BCUT2D eigenvalue weighted by atomic mass is 28.4. The van der Waals surface area contributed by atoms with E-state index in [0.29, 0.717) is 12.0 Å². The molecule has 0 aromatic carbocycles. The fourth-order valence-corrected chi connectivity index (χ4v) is 3.69. The van der Waals surface area contributed by atoms with Crippen LogP contribution in [-0.4, -0.2) is 21.3 Å². The first-order valence-corrected chi connectivity index (χ1v) is 10.0. The molecule has 0 saturated heterocycles. The molecule has 1 atom stereocenters. The minimum atomic E-state index is -1.90. The molecule has 0 saturated carbocycles. The van der Waals surface area contributed by atoms with Gasteiger partial charge in [-0.05, 0) is 32.4 Å². The molecule has 0 aliphatic rings. The van der Waals surface area contributed by atoms with E-state index in [1.165, 1.54) is 32.1 Å². The molecule has 0 heterocycles. The first kappa shape index (κ1) is 17.1. The quantitative estimate of drug-likeness (QED) is 0.417. The van der Waals surface area contributed by atoms with Gasteiger partial charge in [0.1, 0.15) is 0 Å². The topological polar surface area (TPSA) is 18.5 Å². The summed E-state index contributed by atoms with van der Waals surface area (Å²) >= 11 is 0. The highest BCUT2D eigenvalue weighted by Crippen LogP contribution is 2.15. The minimum absolute atomic E-state index is 0.348. The molecule has 0 amide bonds. The Kier molecular flexibility index (Phi) is 9.19. The van der Waals surface area contributed by atoms with E-state index in [0.717, 1.165) is 6.61 Å². The van der Waals surface area contributed by atoms with E-state index in [1.54, 1.807) is 0 Å². The molecule has 0 rings (SSSR count). The van der Waals surface area contributed by atoms with Crippen molar-refractivity contribution in [2.45, 2.75) is 79.0 Å². The Hall–Kier alpha value is 0.137. The van der Waals surface area contributed by atoms with Crippen molar-refractivity contribution in [3.63, 3.8) is 0 Å². The predicted octanol–water partition coefficient (Wildman–Crippen LogP) is 4.74. The molecule has 0 spiro atoms. The van der Waals surface area contributed by atoms with Crippen LogP contribution in [0.25, 0.3) is 0 Å². The van der Waals surface area contributed by atoms with Gasteiger partial charge >= 0.3 is 8.56 Å². The first-order chi connectivity index (χ1) is 7.87. The lowest BCUT2D eigenvalue weighted by molar-refractivity contribution is 0.114. The summed E-state index contributed by atoms with van der Waals surface area (Å²) < 4.78 is 12.0. The second-order valence-corrected chi connectivity index (χ2v) is 9.21. The lowest BCUT2D eigenvalue weighted by Gasteiger charge is -2.27. The number of rotatable bonds is 10. The zero-order chi connectivity index (χ0) is 13.3. The molecular formula is C14H32O2Si. The Balaban J connectivity index is 3.72. The Morgan fingerprint density at radius 3 is 2.18 bits per heavy atom. The molecule has 3 heteroatoms. The van der Waals surface area contributed by atoms with Gasteiger partial charge in [0.25, 0.3) is 0 Å². The summed E-state index contributed by atoms with van der Waals surface area (Å²) in [5.74, 6) is 0.588. The van der Waals surface area contributed by atoms with Gasteiger partial charge in [-0.1, -0.05) is 46.5 Å². The van der Waals surface area contributed by atoms with Crippen molar-refractivity contribution in [3.05, 3.63) is 0 Å². The first-order valence-electron chi connectivity index (χ1n) is 7.19. The van der Waals surface area contributed by atoms with Crippen molar-refractivity contribution in [1.29, 1.82) is 0 Å². The molecule has 0 aliphatic heterocycles. The van der Waals surface area contributed by atoms with Gasteiger partial charge < -0.3 is 8.85 Å². The van der Waals surface area contributed by atoms with E-state index in [9.17, 15) is 0 Å². The van der Waals surface area contributed by atoms with Crippen LogP contribution in [0.2, 0.25) is 13.1 Å². The average Bonchev–Trinajstić information content (AvgIpc) is 2.21. The summed E-state index contributed by atoms with van der Waals surface area (Å²) in [6.07, 6.45) is 6.77. The van der Waals surface area contributed by atoms with Crippen molar-refractivity contribution in [1.82, 2.24) is 0 Å². The van der Waals surface area contributed by atoms with E-state index >= 15 is 0 Å². The van der Waals surface area contributed by atoms with Crippen LogP contribution >= 0.6 is 0 Å². The van der Waals surface area contributed by atoms with Crippen LogP contribution in [0, 0.1) is 5.92 Å². The lowest BCUT2D eigenvalue weighted by atomic mass is 10.1. The third kappa shape index (κ3) is 11.0.